The molecule has 0 aromatic heterocycles. The van der Waals surface area contributed by atoms with Gasteiger partial charge in [0.15, 0.2) is 0 Å². The fourth-order valence-corrected chi connectivity index (χ4v) is 3.65. The second-order valence-electron chi connectivity index (χ2n) is 6.11. The van der Waals surface area contributed by atoms with Crippen molar-refractivity contribution in [2.75, 3.05) is 0 Å². The Morgan fingerprint density at radius 3 is 2.52 bits per heavy atom. The van der Waals surface area contributed by atoms with E-state index in [1.54, 1.807) is 54.6 Å². The lowest BCUT2D eigenvalue weighted by Gasteiger charge is -2.09. The van der Waals surface area contributed by atoms with Crippen molar-refractivity contribution in [3.63, 3.8) is 0 Å². The third-order valence-corrected chi connectivity index (χ3v) is 5.59. The second kappa shape index (κ2) is 9.02. The Morgan fingerprint density at radius 2 is 1.79 bits per heavy atom. The number of halogens is 1. The molecule has 0 radical (unpaired) electrons. The average Bonchev–Trinajstić information content (AvgIpc) is 2.70. The fourth-order valence-electron chi connectivity index (χ4n) is 2.46. The Bertz CT molecular complexity index is 1160. The first-order chi connectivity index (χ1) is 13.8. The highest BCUT2D eigenvalue weighted by Crippen LogP contribution is 2.23. The van der Waals surface area contributed by atoms with E-state index in [1.165, 1.54) is 18.3 Å². The predicted molar refractivity (Wildman–Crippen MR) is 115 cm³/mol. The number of rotatable bonds is 6. The zero-order chi connectivity index (χ0) is 20.9. The summed E-state index contributed by atoms with van der Waals surface area (Å²) in [5.74, 6) is -0.266. The SMILES string of the molecule is Cc1cccc(C(=O)Oc2ccc(Br)cc2/C=N/NS(=O)(=O)c2ccccc2)c1. The number of hydrogen-bond acceptors (Lipinski definition) is 5. The largest absolute Gasteiger partial charge is 0.422 e. The molecule has 0 amide bonds. The Morgan fingerprint density at radius 1 is 1.03 bits per heavy atom. The lowest BCUT2D eigenvalue weighted by atomic mass is 10.1. The molecule has 0 heterocycles. The molecule has 0 aliphatic heterocycles. The lowest BCUT2D eigenvalue weighted by molar-refractivity contribution is 0.0734. The molecule has 0 aliphatic rings. The summed E-state index contributed by atoms with van der Waals surface area (Å²) in [5.41, 5.74) is 1.78. The topological polar surface area (TPSA) is 84.8 Å². The maximum absolute atomic E-state index is 12.4. The maximum atomic E-state index is 12.4. The zero-order valence-corrected chi connectivity index (χ0v) is 17.8. The van der Waals surface area contributed by atoms with Crippen LogP contribution in [0.4, 0.5) is 0 Å². The number of nitrogens with zero attached hydrogens (tertiary/aromatic N) is 1. The van der Waals surface area contributed by atoms with Crippen LogP contribution in [-0.2, 0) is 10.0 Å². The summed E-state index contributed by atoms with van der Waals surface area (Å²) in [6.07, 6.45) is 1.28. The summed E-state index contributed by atoms with van der Waals surface area (Å²) in [5, 5.41) is 3.81. The molecule has 3 aromatic rings. The van der Waals surface area contributed by atoms with Crippen molar-refractivity contribution in [2.45, 2.75) is 11.8 Å². The molecule has 8 heteroatoms. The second-order valence-corrected chi connectivity index (χ2v) is 8.68. The van der Waals surface area contributed by atoms with Crippen LogP contribution in [0.3, 0.4) is 0 Å². The Balaban J connectivity index is 1.80. The van der Waals surface area contributed by atoms with Gasteiger partial charge >= 0.3 is 5.97 Å². The van der Waals surface area contributed by atoms with Gasteiger partial charge in [0.05, 0.1) is 16.7 Å². The van der Waals surface area contributed by atoms with Crippen molar-refractivity contribution >= 4 is 38.1 Å². The number of ether oxygens (including phenoxy) is 1. The van der Waals surface area contributed by atoms with Gasteiger partial charge in [-0.15, -0.1) is 0 Å². The molecular formula is C21H17BrN2O4S. The summed E-state index contributed by atoms with van der Waals surface area (Å²) in [7, 11) is -3.79. The smallest absolute Gasteiger partial charge is 0.343 e. The number of benzene rings is 3. The monoisotopic (exact) mass is 472 g/mol. The molecule has 29 heavy (non-hydrogen) atoms. The van der Waals surface area contributed by atoms with Crippen molar-refractivity contribution in [1.29, 1.82) is 0 Å². The molecule has 0 bridgehead atoms. The van der Waals surface area contributed by atoms with Crippen LogP contribution < -0.4 is 9.57 Å². The van der Waals surface area contributed by atoms with Gasteiger partial charge in [-0.1, -0.05) is 51.8 Å². The first kappa shape index (κ1) is 20.8. The number of hydrazone groups is 1. The average molecular weight is 473 g/mol. The molecule has 0 spiro atoms. The van der Waals surface area contributed by atoms with Crippen LogP contribution >= 0.6 is 15.9 Å². The predicted octanol–water partition coefficient (Wildman–Crippen LogP) is 4.29. The molecule has 148 valence electrons. The van der Waals surface area contributed by atoms with Crippen LogP contribution in [-0.4, -0.2) is 20.6 Å². The number of sulfonamides is 1. The highest BCUT2D eigenvalue weighted by molar-refractivity contribution is 9.10. The number of carbonyl (C=O) groups is 1. The van der Waals surface area contributed by atoms with E-state index in [9.17, 15) is 13.2 Å². The van der Waals surface area contributed by atoms with Gasteiger partial charge in [-0.05, 0) is 49.4 Å². The normalized spacial score (nSPS) is 11.4. The Hall–Kier alpha value is -2.97. The molecule has 0 saturated carbocycles. The van der Waals surface area contributed by atoms with Gasteiger partial charge in [0.2, 0.25) is 0 Å². The van der Waals surface area contributed by atoms with Gasteiger partial charge in [0.1, 0.15) is 5.75 Å². The first-order valence-electron chi connectivity index (χ1n) is 8.53. The Labute approximate surface area is 177 Å². The minimum atomic E-state index is -3.79. The van der Waals surface area contributed by atoms with Gasteiger partial charge in [-0.25, -0.2) is 9.63 Å². The first-order valence-corrected chi connectivity index (χ1v) is 10.8. The quantitative estimate of drug-likeness (QED) is 0.251. The highest BCUT2D eigenvalue weighted by Gasteiger charge is 2.13. The van der Waals surface area contributed by atoms with Gasteiger partial charge in [-0.2, -0.15) is 13.5 Å². The summed E-state index contributed by atoms with van der Waals surface area (Å²) in [6, 6.07) is 19.9. The molecule has 0 atom stereocenters. The minimum absolute atomic E-state index is 0.0949. The lowest BCUT2D eigenvalue weighted by Crippen LogP contribution is -2.18. The summed E-state index contributed by atoms with van der Waals surface area (Å²) in [4.78, 5) is 14.7. The zero-order valence-electron chi connectivity index (χ0n) is 15.4. The van der Waals surface area contributed by atoms with Crippen molar-refractivity contribution in [3.05, 3.63) is 94.0 Å². The van der Waals surface area contributed by atoms with Crippen LogP contribution in [0, 0.1) is 6.92 Å². The third-order valence-electron chi connectivity index (χ3n) is 3.86. The highest BCUT2D eigenvalue weighted by atomic mass is 79.9. The molecule has 1 N–H and O–H groups in total. The van der Waals surface area contributed by atoms with Crippen molar-refractivity contribution in [2.24, 2.45) is 5.10 Å². The van der Waals surface area contributed by atoms with Gasteiger partial charge < -0.3 is 4.74 Å². The van der Waals surface area contributed by atoms with Crippen LogP contribution in [0.1, 0.15) is 21.5 Å². The number of carbonyl (C=O) groups excluding carboxylic acids is 1. The molecular weight excluding hydrogens is 456 g/mol. The molecule has 6 nitrogen and oxygen atoms in total. The molecule has 0 aliphatic carbocycles. The fraction of sp³-hybridized carbons (Fsp3) is 0.0476. The van der Waals surface area contributed by atoms with E-state index in [-0.39, 0.29) is 10.6 Å². The third kappa shape index (κ3) is 5.52. The van der Waals surface area contributed by atoms with Crippen LogP contribution in [0.5, 0.6) is 5.75 Å². The number of hydrogen-bond donors (Lipinski definition) is 1. The van der Waals surface area contributed by atoms with E-state index in [2.05, 4.69) is 25.9 Å². The van der Waals surface area contributed by atoms with Crippen molar-refractivity contribution in [1.82, 2.24) is 4.83 Å². The van der Waals surface area contributed by atoms with E-state index in [1.807, 2.05) is 13.0 Å². The standard InChI is InChI=1S/C21H17BrN2O4S/c1-15-6-5-7-16(12-15)21(25)28-20-11-10-18(22)13-17(20)14-23-24-29(26,27)19-8-3-2-4-9-19/h2-14,24H,1H3/b23-14+. The molecule has 0 unspecified atom stereocenters. The van der Waals surface area contributed by atoms with E-state index < -0.39 is 16.0 Å². The van der Waals surface area contributed by atoms with E-state index in [4.69, 9.17) is 4.74 Å². The van der Waals surface area contributed by atoms with Crippen LogP contribution in [0.2, 0.25) is 0 Å². The molecule has 0 fully saturated rings. The van der Waals surface area contributed by atoms with E-state index in [0.717, 1.165) is 10.0 Å². The van der Waals surface area contributed by atoms with Gasteiger partial charge in [-0.3, -0.25) is 0 Å². The number of aryl methyl sites for hydroxylation is 1. The van der Waals surface area contributed by atoms with Crippen LogP contribution in [0.25, 0.3) is 0 Å². The van der Waals surface area contributed by atoms with E-state index in [0.29, 0.717) is 11.1 Å². The van der Waals surface area contributed by atoms with E-state index >= 15 is 0 Å². The summed E-state index contributed by atoms with van der Waals surface area (Å²) >= 11 is 3.34. The molecule has 3 aromatic carbocycles. The summed E-state index contributed by atoms with van der Waals surface area (Å²) < 4.78 is 30.7. The van der Waals surface area contributed by atoms with Crippen LogP contribution in [0.15, 0.2) is 87.3 Å². The molecule has 0 saturated heterocycles. The number of nitrogens with one attached hydrogen (secondary N) is 1. The van der Waals surface area contributed by atoms with Crippen molar-refractivity contribution < 1.29 is 17.9 Å². The van der Waals surface area contributed by atoms with Crippen molar-refractivity contribution in [3.8, 4) is 5.75 Å². The van der Waals surface area contributed by atoms with Gasteiger partial charge in [0, 0.05) is 10.0 Å². The number of esters is 1. The van der Waals surface area contributed by atoms with Gasteiger partial charge in [0.25, 0.3) is 10.0 Å². The Kier molecular flexibility index (Phi) is 6.46. The maximum Gasteiger partial charge on any atom is 0.343 e. The minimum Gasteiger partial charge on any atom is -0.422 e. The summed E-state index contributed by atoms with van der Waals surface area (Å²) in [6.45, 7) is 1.88. The molecule has 3 rings (SSSR count).